The Morgan fingerprint density at radius 1 is 1.17 bits per heavy atom. The van der Waals surface area contributed by atoms with E-state index in [9.17, 15) is 9.59 Å². The number of benzene rings is 1. The lowest BCUT2D eigenvalue weighted by atomic mass is 10.00. The van der Waals surface area contributed by atoms with Gasteiger partial charge in [-0.2, -0.15) is 0 Å². The Morgan fingerprint density at radius 3 is 2.63 bits per heavy atom. The number of nitrogens with zero attached hydrogens (tertiary/aromatic N) is 3. The van der Waals surface area contributed by atoms with E-state index in [2.05, 4.69) is 16.9 Å². The van der Waals surface area contributed by atoms with Crippen LogP contribution < -0.4 is 0 Å². The molecule has 0 spiro atoms. The van der Waals surface area contributed by atoms with E-state index in [1.165, 1.54) is 11.8 Å². The van der Waals surface area contributed by atoms with E-state index >= 15 is 0 Å². The van der Waals surface area contributed by atoms with Crippen LogP contribution in [0.25, 0.3) is 0 Å². The Hall–Kier alpha value is -2.41. The molecule has 160 valence electrons. The van der Waals surface area contributed by atoms with Gasteiger partial charge in [0, 0.05) is 29.7 Å². The predicted octanol–water partition coefficient (Wildman–Crippen LogP) is 4.33. The molecule has 0 saturated carbocycles. The van der Waals surface area contributed by atoms with Gasteiger partial charge >= 0.3 is 5.97 Å². The zero-order valence-electron chi connectivity index (χ0n) is 17.9. The van der Waals surface area contributed by atoms with Crippen molar-refractivity contribution >= 4 is 23.6 Å². The van der Waals surface area contributed by atoms with Gasteiger partial charge in [-0.25, -0.2) is 14.8 Å². The van der Waals surface area contributed by atoms with Gasteiger partial charge in [-0.3, -0.25) is 4.79 Å². The molecule has 1 atom stereocenters. The number of carbonyl (C=O) groups excluding carboxylic acids is 2. The van der Waals surface area contributed by atoms with Gasteiger partial charge in [0.05, 0.1) is 5.56 Å². The van der Waals surface area contributed by atoms with Gasteiger partial charge in [-0.15, -0.1) is 0 Å². The van der Waals surface area contributed by atoms with Crippen LogP contribution in [-0.2, 0) is 15.3 Å². The van der Waals surface area contributed by atoms with Gasteiger partial charge in [0.2, 0.25) is 0 Å². The molecule has 3 rings (SSSR count). The summed E-state index contributed by atoms with van der Waals surface area (Å²) in [6.07, 6.45) is 4.12. The van der Waals surface area contributed by atoms with Crippen molar-refractivity contribution in [3.8, 4) is 0 Å². The maximum absolute atomic E-state index is 12.7. The van der Waals surface area contributed by atoms with Crippen LogP contribution in [0.15, 0.2) is 35.5 Å². The molecule has 1 aromatic carbocycles. The summed E-state index contributed by atoms with van der Waals surface area (Å²) in [5.41, 5.74) is 3.15. The van der Waals surface area contributed by atoms with E-state index < -0.39 is 5.97 Å². The summed E-state index contributed by atoms with van der Waals surface area (Å²) in [7, 11) is 0. The zero-order chi connectivity index (χ0) is 21.5. The molecule has 1 fully saturated rings. The van der Waals surface area contributed by atoms with Crippen LogP contribution in [0.1, 0.15) is 59.9 Å². The molecule has 0 unspecified atom stereocenters. The number of piperidine rings is 1. The van der Waals surface area contributed by atoms with Crippen molar-refractivity contribution in [3.63, 3.8) is 0 Å². The van der Waals surface area contributed by atoms with E-state index in [1.807, 2.05) is 36.9 Å². The molecule has 0 radical (unpaired) electrons. The van der Waals surface area contributed by atoms with E-state index in [0.717, 1.165) is 49.2 Å². The van der Waals surface area contributed by atoms with E-state index in [1.54, 1.807) is 12.1 Å². The first-order chi connectivity index (χ1) is 14.5. The number of hydrogen-bond donors (Lipinski definition) is 0. The molecule has 1 aliphatic heterocycles. The normalized spacial score (nSPS) is 16.4. The molecule has 2 aromatic rings. The lowest BCUT2D eigenvalue weighted by molar-refractivity contribution is -0.138. The third-order valence-corrected chi connectivity index (χ3v) is 6.20. The molecule has 6 nitrogen and oxygen atoms in total. The average Bonchev–Trinajstić information content (AvgIpc) is 2.75. The van der Waals surface area contributed by atoms with Crippen LogP contribution in [0.3, 0.4) is 0 Å². The Bertz CT molecular complexity index is 883. The van der Waals surface area contributed by atoms with Crippen molar-refractivity contribution in [3.05, 3.63) is 52.8 Å². The van der Waals surface area contributed by atoms with Gasteiger partial charge in [-0.1, -0.05) is 36.9 Å². The monoisotopic (exact) mass is 427 g/mol. The van der Waals surface area contributed by atoms with Gasteiger partial charge in [0.25, 0.3) is 5.91 Å². The molecule has 1 amide bonds. The molecular formula is C23H29N3O3S. The fourth-order valence-corrected chi connectivity index (χ4v) is 4.74. The van der Waals surface area contributed by atoms with Gasteiger partial charge in [0.1, 0.15) is 0 Å². The van der Waals surface area contributed by atoms with Crippen LogP contribution >= 0.6 is 11.8 Å². The summed E-state index contributed by atoms with van der Waals surface area (Å²) in [4.78, 5) is 36.0. The number of ether oxygens (including phenoxy) is 1. The minimum absolute atomic E-state index is 0.106. The molecule has 0 bridgehead atoms. The Balaban J connectivity index is 1.61. The third kappa shape index (κ3) is 5.81. The maximum atomic E-state index is 12.7. The van der Waals surface area contributed by atoms with Crippen LogP contribution in [0, 0.1) is 13.8 Å². The summed E-state index contributed by atoms with van der Waals surface area (Å²) in [6, 6.07) is 9.51. The first kappa shape index (κ1) is 22.3. The smallest absolute Gasteiger partial charge is 0.338 e. The van der Waals surface area contributed by atoms with Gasteiger partial charge < -0.3 is 9.64 Å². The number of thioether (sulfide) groups is 1. The second-order valence-corrected chi connectivity index (χ2v) is 8.54. The number of esters is 1. The fraction of sp³-hybridized carbons (Fsp3) is 0.478. The van der Waals surface area contributed by atoms with Crippen LogP contribution in [0.2, 0.25) is 0 Å². The number of aryl methyl sites for hydroxylation is 2. The van der Waals surface area contributed by atoms with E-state index in [0.29, 0.717) is 16.5 Å². The standard InChI is InChI=1S/C23H29N3O3S/c1-4-19-10-7-8-12-26(19)21(27)14-29-22(28)20-11-6-5-9-18(20)15-30-23-24-16(2)13-17(3)25-23/h5-6,9,11,13,19H,4,7-8,10,12,14-15H2,1-3H3/t19-/m1/s1. The molecule has 1 saturated heterocycles. The molecule has 30 heavy (non-hydrogen) atoms. The average molecular weight is 428 g/mol. The van der Waals surface area contributed by atoms with Crippen molar-refractivity contribution in [2.24, 2.45) is 0 Å². The fourth-order valence-electron chi connectivity index (χ4n) is 3.79. The van der Waals surface area contributed by atoms with Crippen LogP contribution in [-0.4, -0.2) is 45.9 Å². The highest BCUT2D eigenvalue weighted by atomic mass is 32.2. The first-order valence-corrected chi connectivity index (χ1v) is 11.5. The summed E-state index contributed by atoms with van der Waals surface area (Å²) in [5.74, 6) is -0.0251. The largest absolute Gasteiger partial charge is 0.452 e. The quantitative estimate of drug-likeness (QED) is 0.372. The molecule has 0 N–H and O–H groups in total. The van der Waals surface area contributed by atoms with Crippen LogP contribution in [0.5, 0.6) is 0 Å². The third-order valence-electron chi connectivity index (χ3n) is 5.30. The minimum atomic E-state index is -0.467. The van der Waals surface area contributed by atoms with Crippen molar-refractivity contribution < 1.29 is 14.3 Å². The summed E-state index contributed by atoms with van der Waals surface area (Å²) >= 11 is 1.48. The van der Waals surface area contributed by atoms with Gasteiger partial charge in [-0.05, 0) is 57.2 Å². The summed E-state index contributed by atoms with van der Waals surface area (Å²) < 4.78 is 5.40. The van der Waals surface area contributed by atoms with Crippen molar-refractivity contribution in [2.45, 2.75) is 63.4 Å². The number of likely N-dealkylation sites (tertiary alicyclic amines) is 1. The molecular weight excluding hydrogens is 398 g/mol. The predicted molar refractivity (Wildman–Crippen MR) is 117 cm³/mol. The maximum Gasteiger partial charge on any atom is 0.338 e. The topological polar surface area (TPSA) is 72.4 Å². The second kappa shape index (κ2) is 10.6. The highest BCUT2D eigenvalue weighted by Gasteiger charge is 2.26. The Morgan fingerprint density at radius 2 is 1.90 bits per heavy atom. The molecule has 2 heterocycles. The lowest BCUT2D eigenvalue weighted by Crippen LogP contribution is -2.45. The van der Waals surface area contributed by atoms with E-state index in [-0.39, 0.29) is 18.6 Å². The molecule has 1 aromatic heterocycles. The van der Waals surface area contributed by atoms with Crippen molar-refractivity contribution in [1.82, 2.24) is 14.9 Å². The number of hydrogen-bond acceptors (Lipinski definition) is 6. The number of aromatic nitrogens is 2. The van der Waals surface area contributed by atoms with Crippen LogP contribution in [0.4, 0.5) is 0 Å². The number of amides is 1. The van der Waals surface area contributed by atoms with Crippen molar-refractivity contribution in [2.75, 3.05) is 13.2 Å². The first-order valence-electron chi connectivity index (χ1n) is 10.5. The highest BCUT2D eigenvalue weighted by Crippen LogP contribution is 2.23. The zero-order valence-corrected chi connectivity index (χ0v) is 18.7. The Kier molecular flexibility index (Phi) is 7.85. The Labute approximate surface area is 182 Å². The highest BCUT2D eigenvalue weighted by molar-refractivity contribution is 7.98. The number of carbonyl (C=O) groups is 2. The number of rotatable bonds is 7. The summed E-state index contributed by atoms with van der Waals surface area (Å²) in [6.45, 7) is 6.50. The van der Waals surface area contributed by atoms with Gasteiger partial charge in [0.15, 0.2) is 11.8 Å². The molecule has 0 aliphatic carbocycles. The molecule has 1 aliphatic rings. The minimum Gasteiger partial charge on any atom is -0.452 e. The van der Waals surface area contributed by atoms with E-state index in [4.69, 9.17) is 4.74 Å². The molecule has 7 heteroatoms. The van der Waals surface area contributed by atoms with Crippen molar-refractivity contribution in [1.29, 1.82) is 0 Å². The second-order valence-electron chi connectivity index (χ2n) is 7.60. The SMILES string of the molecule is CC[C@@H]1CCCCN1C(=O)COC(=O)c1ccccc1CSc1nc(C)cc(C)n1. The lowest BCUT2D eigenvalue weighted by Gasteiger charge is -2.35. The summed E-state index contributed by atoms with van der Waals surface area (Å²) in [5, 5.41) is 0.682.